The number of hydrogen-bond acceptors (Lipinski definition) is 8. The van der Waals surface area contributed by atoms with Crippen LogP contribution >= 0.6 is 33.9 Å². The van der Waals surface area contributed by atoms with Crippen LogP contribution in [-0.4, -0.2) is 36.2 Å². The minimum absolute atomic E-state index is 0.181. The lowest BCUT2D eigenvalue weighted by molar-refractivity contribution is -0.118. The van der Waals surface area contributed by atoms with Gasteiger partial charge in [-0.05, 0) is 103 Å². The molecule has 4 aromatic carbocycles. The standard InChI is InChI=1S/C35H32IN5O4S/c1-4-44-31-18-24(17-28(36)33(31)45-20-32(42)39-29-12-8-9-22(2)23(29)3)19-37-41-34(43)26-15-13-25(14-16-26)30-21-46-35(40-30)38-27-10-6-5-7-11-27/h5-19,21H,4,20H2,1-3H3,(H,38,40)(H,39,42)(H,41,43)/b37-19+. The summed E-state index contributed by atoms with van der Waals surface area (Å²) >= 11 is 3.64. The minimum atomic E-state index is -0.345. The van der Waals surface area contributed by atoms with E-state index < -0.39 is 0 Å². The molecule has 1 heterocycles. The zero-order chi connectivity index (χ0) is 32.5. The summed E-state index contributed by atoms with van der Waals surface area (Å²) in [7, 11) is 0. The fourth-order valence-electron chi connectivity index (χ4n) is 4.41. The number of halogens is 1. The second-order valence-electron chi connectivity index (χ2n) is 10.2. The molecule has 5 aromatic rings. The molecule has 0 spiro atoms. The number of anilines is 3. The van der Waals surface area contributed by atoms with Crippen LogP contribution in [0, 0.1) is 17.4 Å². The second kappa shape index (κ2) is 15.5. The Morgan fingerprint density at radius 3 is 2.52 bits per heavy atom. The molecule has 2 amide bonds. The SMILES string of the molecule is CCOc1cc(/C=N/NC(=O)c2ccc(-c3csc(Nc4ccccc4)n3)cc2)cc(I)c1OCC(=O)Nc1cccc(C)c1C. The minimum Gasteiger partial charge on any atom is -0.490 e. The predicted molar refractivity (Wildman–Crippen MR) is 193 cm³/mol. The summed E-state index contributed by atoms with van der Waals surface area (Å²) in [5, 5.41) is 13.1. The number of thiazole rings is 1. The number of benzene rings is 4. The fraction of sp³-hybridized carbons (Fsp3) is 0.143. The van der Waals surface area contributed by atoms with E-state index in [-0.39, 0.29) is 18.4 Å². The van der Waals surface area contributed by atoms with Crippen molar-refractivity contribution in [2.24, 2.45) is 5.10 Å². The van der Waals surface area contributed by atoms with E-state index in [0.717, 1.165) is 42.5 Å². The number of hydrogen-bond donors (Lipinski definition) is 3. The van der Waals surface area contributed by atoms with Crippen LogP contribution < -0.4 is 25.5 Å². The lowest BCUT2D eigenvalue weighted by atomic mass is 10.1. The first-order chi connectivity index (χ1) is 22.3. The second-order valence-corrected chi connectivity index (χ2v) is 12.2. The Kier molecular flexibility index (Phi) is 11.0. The third-order valence-electron chi connectivity index (χ3n) is 6.91. The van der Waals surface area contributed by atoms with Gasteiger partial charge in [0.05, 0.1) is 22.1 Å². The van der Waals surface area contributed by atoms with Crippen LogP contribution in [0.1, 0.15) is 34.0 Å². The summed E-state index contributed by atoms with van der Waals surface area (Å²) in [4.78, 5) is 30.0. The first kappa shape index (κ1) is 32.6. The van der Waals surface area contributed by atoms with Crippen LogP contribution in [0.3, 0.4) is 0 Å². The number of para-hydroxylation sites is 1. The Balaban J connectivity index is 1.18. The maximum atomic E-state index is 12.8. The van der Waals surface area contributed by atoms with E-state index in [0.29, 0.717) is 29.2 Å². The van der Waals surface area contributed by atoms with E-state index >= 15 is 0 Å². The van der Waals surface area contributed by atoms with Gasteiger partial charge in [-0.1, -0.05) is 42.5 Å². The molecule has 1 aromatic heterocycles. The van der Waals surface area contributed by atoms with Gasteiger partial charge in [-0.25, -0.2) is 10.4 Å². The summed E-state index contributed by atoms with van der Waals surface area (Å²) in [5.74, 6) is 0.316. The van der Waals surface area contributed by atoms with Gasteiger partial charge >= 0.3 is 0 Å². The average Bonchev–Trinajstić information content (AvgIpc) is 3.52. The molecule has 9 nitrogen and oxygen atoms in total. The summed E-state index contributed by atoms with van der Waals surface area (Å²) in [6, 6.07) is 26.4. The lowest BCUT2D eigenvalue weighted by Crippen LogP contribution is -2.21. The molecule has 0 fully saturated rings. The molecule has 0 aliphatic rings. The summed E-state index contributed by atoms with van der Waals surface area (Å²) in [6.07, 6.45) is 1.53. The van der Waals surface area contributed by atoms with E-state index in [1.807, 2.05) is 92.9 Å². The number of amides is 2. The first-order valence-electron chi connectivity index (χ1n) is 14.5. The van der Waals surface area contributed by atoms with Crippen molar-refractivity contribution in [1.82, 2.24) is 10.4 Å². The average molecular weight is 746 g/mol. The maximum absolute atomic E-state index is 12.8. The van der Waals surface area contributed by atoms with Gasteiger partial charge in [0.2, 0.25) is 0 Å². The number of carbonyl (C=O) groups excluding carboxylic acids is 2. The van der Waals surface area contributed by atoms with Gasteiger partial charge < -0.3 is 20.1 Å². The Bertz CT molecular complexity index is 1860. The molecule has 3 N–H and O–H groups in total. The fourth-order valence-corrected chi connectivity index (χ4v) is 5.93. The van der Waals surface area contributed by atoms with E-state index in [4.69, 9.17) is 9.47 Å². The number of nitrogens with one attached hydrogen (secondary N) is 3. The van der Waals surface area contributed by atoms with Crippen LogP contribution in [-0.2, 0) is 4.79 Å². The van der Waals surface area contributed by atoms with Crippen LogP contribution in [0.2, 0.25) is 0 Å². The number of hydrazone groups is 1. The molecule has 0 bridgehead atoms. The van der Waals surface area contributed by atoms with Crippen LogP contribution in [0.15, 0.2) is 95.4 Å². The smallest absolute Gasteiger partial charge is 0.271 e. The van der Waals surface area contributed by atoms with Crippen LogP contribution in [0.4, 0.5) is 16.5 Å². The van der Waals surface area contributed by atoms with Crippen LogP contribution in [0.5, 0.6) is 11.5 Å². The number of nitrogens with zero attached hydrogens (tertiary/aromatic N) is 2. The molecule has 0 saturated heterocycles. The van der Waals surface area contributed by atoms with Gasteiger partial charge in [0.25, 0.3) is 11.8 Å². The van der Waals surface area contributed by atoms with Crippen molar-refractivity contribution in [3.8, 4) is 22.8 Å². The highest BCUT2D eigenvalue weighted by molar-refractivity contribution is 14.1. The quantitative estimate of drug-likeness (QED) is 0.0679. The molecule has 5 rings (SSSR count). The zero-order valence-corrected chi connectivity index (χ0v) is 28.4. The van der Waals surface area contributed by atoms with Crippen molar-refractivity contribution in [3.05, 3.63) is 116 Å². The molecule has 46 heavy (non-hydrogen) atoms. The van der Waals surface area contributed by atoms with Crippen molar-refractivity contribution in [2.75, 3.05) is 23.8 Å². The summed E-state index contributed by atoms with van der Waals surface area (Å²) in [6.45, 7) is 6.05. The molecule has 0 atom stereocenters. The summed E-state index contributed by atoms with van der Waals surface area (Å²) in [5.41, 5.74) is 9.28. The lowest BCUT2D eigenvalue weighted by Gasteiger charge is -2.15. The monoisotopic (exact) mass is 745 g/mol. The van der Waals surface area contributed by atoms with E-state index in [2.05, 4.69) is 48.7 Å². The van der Waals surface area contributed by atoms with Crippen molar-refractivity contribution < 1.29 is 19.1 Å². The molecular weight excluding hydrogens is 713 g/mol. The van der Waals surface area contributed by atoms with Crippen molar-refractivity contribution in [2.45, 2.75) is 20.8 Å². The van der Waals surface area contributed by atoms with E-state index in [1.165, 1.54) is 17.6 Å². The molecule has 0 saturated carbocycles. The molecule has 11 heteroatoms. The highest BCUT2D eigenvalue weighted by Crippen LogP contribution is 2.34. The number of ether oxygens (including phenoxy) is 2. The van der Waals surface area contributed by atoms with Gasteiger partial charge in [-0.2, -0.15) is 5.10 Å². The predicted octanol–water partition coefficient (Wildman–Crippen LogP) is 7.96. The number of aryl methyl sites for hydroxylation is 1. The molecular formula is C35H32IN5O4S. The third-order valence-corrected chi connectivity index (χ3v) is 8.47. The molecule has 0 unspecified atom stereocenters. The zero-order valence-electron chi connectivity index (χ0n) is 25.5. The Hall–Kier alpha value is -4.75. The van der Waals surface area contributed by atoms with E-state index in [9.17, 15) is 9.59 Å². The Morgan fingerprint density at radius 1 is 0.978 bits per heavy atom. The number of carbonyl (C=O) groups is 2. The summed E-state index contributed by atoms with van der Waals surface area (Å²) < 4.78 is 12.4. The Labute approximate surface area is 285 Å². The van der Waals surface area contributed by atoms with Gasteiger partial charge in [-0.15, -0.1) is 11.3 Å². The van der Waals surface area contributed by atoms with Gasteiger partial charge in [0.15, 0.2) is 23.2 Å². The molecule has 0 radical (unpaired) electrons. The normalized spacial score (nSPS) is 10.9. The third kappa shape index (κ3) is 8.49. The van der Waals surface area contributed by atoms with E-state index in [1.54, 1.807) is 18.2 Å². The Morgan fingerprint density at radius 2 is 1.76 bits per heavy atom. The largest absolute Gasteiger partial charge is 0.490 e. The maximum Gasteiger partial charge on any atom is 0.271 e. The number of rotatable bonds is 12. The van der Waals surface area contributed by atoms with Crippen molar-refractivity contribution in [3.63, 3.8) is 0 Å². The highest BCUT2D eigenvalue weighted by atomic mass is 127. The molecule has 0 aliphatic carbocycles. The molecule has 234 valence electrons. The van der Waals surface area contributed by atoms with Crippen molar-refractivity contribution >= 4 is 68.5 Å². The first-order valence-corrected chi connectivity index (χ1v) is 16.4. The van der Waals surface area contributed by atoms with Gasteiger partial charge in [0, 0.05) is 27.9 Å². The van der Waals surface area contributed by atoms with Gasteiger partial charge in [0.1, 0.15) is 0 Å². The van der Waals surface area contributed by atoms with Crippen LogP contribution in [0.25, 0.3) is 11.3 Å². The van der Waals surface area contributed by atoms with Crippen molar-refractivity contribution in [1.29, 1.82) is 0 Å². The topological polar surface area (TPSA) is 114 Å². The highest BCUT2D eigenvalue weighted by Gasteiger charge is 2.15. The number of aromatic nitrogens is 1. The van der Waals surface area contributed by atoms with Gasteiger partial charge in [-0.3, -0.25) is 9.59 Å². The molecule has 0 aliphatic heterocycles.